The second kappa shape index (κ2) is 11.2. The molecule has 5 N–H and O–H groups in total. The number of anilines is 1. The molecule has 0 aliphatic carbocycles. The Morgan fingerprint density at radius 3 is 2.44 bits per heavy atom. The van der Waals surface area contributed by atoms with Gasteiger partial charge in [-0.2, -0.15) is 4.37 Å². The molecule has 3 aromatic rings. The largest absolute Gasteiger partial charge is 0.395 e. The number of nitrogens with two attached hydrogens (primary N) is 2. The van der Waals surface area contributed by atoms with Gasteiger partial charge < -0.3 is 21.7 Å². The van der Waals surface area contributed by atoms with Gasteiger partial charge in [0.15, 0.2) is 5.69 Å². The van der Waals surface area contributed by atoms with Gasteiger partial charge in [0.1, 0.15) is 16.7 Å². The van der Waals surface area contributed by atoms with E-state index in [0.29, 0.717) is 18.0 Å². The smallest absolute Gasteiger partial charge is 0.270 e. The van der Waals surface area contributed by atoms with Crippen LogP contribution in [0.2, 0.25) is 0 Å². The second-order valence-corrected chi connectivity index (χ2v) is 9.88. The fraction of sp³-hybridized carbons (Fsp3) is 0.304. The lowest BCUT2D eigenvalue weighted by molar-refractivity contribution is -0.126. The third-order valence-corrected chi connectivity index (χ3v) is 6.80. The lowest BCUT2D eigenvalue weighted by Gasteiger charge is -2.31. The van der Waals surface area contributed by atoms with Crippen molar-refractivity contribution >= 4 is 46.3 Å². The van der Waals surface area contributed by atoms with Gasteiger partial charge in [0, 0.05) is 11.4 Å². The van der Waals surface area contributed by atoms with Crippen molar-refractivity contribution in [2.24, 2.45) is 11.7 Å². The zero-order valence-corrected chi connectivity index (χ0v) is 20.4. The Bertz CT molecular complexity index is 1150. The molecule has 2 aromatic heterocycles. The van der Waals surface area contributed by atoms with E-state index >= 15 is 0 Å². The van der Waals surface area contributed by atoms with Crippen LogP contribution in [-0.2, 0) is 11.3 Å². The molecular formula is C23H26FN5O3S2. The van der Waals surface area contributed by atoms with Gasteiger partial charge >= 0.3 is 0 Å². The average Bonchev–Trinajstić information content (AvgIpc) is 3.43. The van der Waals surface area contributed by atoms with Crippen LogP contribution in [0.5, 0.6) is 0 Å². The zero-order chi connectivity index (χ0) is 24.8. The number of nitrogens with zero attached hydrogens (tertiary/aromatic N) is 2. The van der Waals surface area contributed by atoms with E-state index in [2.05, 4.69) is 9.69 Å². The first-order valence-electron chi connectivity index (χ1n) is 10.6. The standard InChI is InChI=1S/C23H26FN5O3S2/c1-13(2)9-10-27-22(31)19(14-5-7-15(24)8-6-14)29(12-16-4-3-11-33-16)23(32)20-17(25)18(21(26)30)28-34-20/h3-8,11,13,19H,9-10,12,25H2,1-2H3,(H2,26,30)(H,27,31). The van der Waals surface area contributed by atoms with Crippen LogP contribution in [-0.4, -0.2) is 33.5 Å². The minimum absolute atomic E-state index is 0.00690. The number of hydrogen-bond donors (Lipinski definition) is 3. The summed E-state index contributed by atoms with van der Waals surface area (Å²) >= 11 is 2.17. The predicted octanol–water partition coefficient (Wildman–Crippen LogP) is 3.57. The summed E-state index contributed by atoms with van der Waals surface area (Å²) in [6, 6.07) is 8.04. The van der Waals surface area contributed by atoms with Crippen molar-refractivity contribution in [1.82, 2.24) is 14.6 Å². The monoisotopic (exact) mass is 503 g/mol. The Morgan fingerprint density at radius 1 is 1.18 bits per heavy atom. The molecule has 34 heavy (non-hydrogen) atoms. The van der Waals surface area contributed by atoms with Gasteiger partial charge in [0.2, 0.25) is 5.91 Å². The number of thiophene rings is 1. The lowest BCUT2D eigenvalue weighted by Crippen LogP contribution is -2.43. The Morgan fingerprint density at radius 2 is 1.88 bits per heavy atom. The zero-order valence-electron chi connectivity index (χ0n) is 18.8. The highest BCUT2D eigenvalue weighted by Crippen LogP contribution is 2.31. The fourth-order valence-electron chi connectivity index (χ4n) is 3.31. The summed E-state index contributed by atoms with van der Waals surface area (Å²) in [5.74, 6) is -1.92. The highest BCUT2D eigenvalue weighted by Gasteiger charge is 2.35. The van der Waals surface area contributed by atoms with E-state index in [1.165, 1.54) is 40.5 Å². The SMILES string of the molecule is CC(C)CCNC(=O)C(c1ccc(F)cc1)N(Cc1cccs1)C(=O)c1snc(C(N)=O)c1N. The maximum atomic E-state index is 13.7. The molecule has 0 saturated carbocycles. The molecule has 1 aromatic carbocycles. The quantitative estimate of drug-likeness (QED) is 0.389. The second-order valence-electron chi connectivity index (χ2n) is 8.08. The number of halogens is 1. The molecule has 3 rings (SSSR count). The summed E-state index contributed by atoms with van der Waals surface area (Å²) in [6.45, 7) is 4.60. The normalized spacial score (nSPS) is 11.9. The number of carbonyl (C=O) groups excluding carboxylic acids is 3. The number of rotatable bonds is 10. The minimum Gasteiger partial charge on any atom is -0.395 e. The fourth-order valence-corrected chi connectivity index (χ4v) is 4.77. The highest BCUT2D eigenvalue weighted by molar-refractivity contribution is 7.10. The van der Waals surface area contributed by atoms with Crippen molar-refractivity contribution in [2.75, 3.05) is 12.3 Å². The molecule has 0 fully saturated rings. The molecule has 3 amide bonds. The van der Waals surface area contributed by atoms with Gasteiger partial charge in [-0.15, -0.1) is 11.3 Å². The van der Waals surface area contributed by atoms with Crippen LogP contribution in [0.3, 0.4) is 0 Å². The van der Waals surface area contributed by atoms with E-state index in [9.17, 15) is 18.8 Å². The minimum atomic E-state index is -1.07. The number of carbonyl (C=O) groups is 3. The van der Waals surface area contributed by atoms with Gasteiger partial charge in [0.05, 0.1) is 12.2 Å². The Balaban J connectivity index is 2.05. The molecule has 0 aliphatic heterocycles. The van der Waals surface area contributed by atoms with Crippen molar-refractivity contribution in [3.63, 3.8) is 0 Å². The number of nitrogen functional groups attached to an aromatic ring is 1. The number of benzene rings is 1. The third kappa shape index (κ3) is 5.97. The van der Waals surface area contributed by atoms with E-state index in [-0.39, 0.29) is 22.8 Å². The number of nitrogens with one attached hydrogen (secondary N) is 1. The summed E-state index contributed by atoms with van der Waals surface area (Å²) in [4.78, 5) is 40.9. The Hall–Kier alpha value is -3.31. The number of amides is 3. The molecular weight excluding hydrogens is 477 g/mol. The first-order valence-corrected chi connectivity index (χ1v) is 12.3. The average molecular weight is 504 g/mol. The van der Waals surface area contributed by atoms with Crippen molar-refractivity contribution in [1.29, 1.82) is 0 Å². The van der Waals surface area contributed by atoms with Gasteiger partial charge in [-0.1, -0.05) is 32.0 Å². The number of hydrogen-bond acceptors (Lipinski definition) is 7. The van der Waals surface area contributed by atoms with Crippen LogP contribution in [0.15, 0.2) is 41.8 Å². The van der Waals surface area contributed by atoms with Crippen molar-refractivity contribution in [3.8, 4) is 0 Å². The van der Waals surface area contributed by atoms with E-state index in [0.717, 1.165) is 22.8 Å². The Labute approximate surface area is 204 Å². The molecule has 0 saturated heterocycles. The van der Waals surface area contributed by atoms with Gasteiger partial charge in [-0.05, 0) is 53.0 Å². The van der Waals surface area contributed by atoms with Crippen LogP contribution >= 0.6 is 22.9 Å². The summed E-state index contributed by atoms with van der Waals surface area (Å²) in [5.41, 5.74) is 11.4. The van der Waals surface area contributed by atoms with Crippen LogP contribution in [0.25, 0.3) is 0 Å². The topological polar surface area (TPSA) is 131 Å². The molecule has 1 atom stereocenters. The van der Waals surface area contributed by atoms with Crippen LogP contribution < -0.4 is 16.8 Å². The van der Waals surface area contributed by atoms with Crippen molar-refractivity contribution in [3.05, 3.63) is 68.6 Å². The summed E-state index contributed by atoms with van der Waals surface area (Å²) < 4.78 is 17.6. The molecule has 0 bridgehead atoms. The highest BCUT2D eigenvalue weighted by atomic mass is 32.1. The summed E-state index contributed by atoms with van der Waals surface area (Å²) in [6.07, 6.45) is 0.754. The van der Waals surface area contributed by atoms with Crippen molar-refractivity contribution in [2.45, 2.75) is 32.9 Å². The molecule has 8 nitrogen and oxygen atoms in total. The molecule has 180 valence electrons. The third-order valence-electron chi connectivity index (χ3n) is 5.09. The maximum Gasteiger partial charge on any atom is 0.270 e. The molecule has 0 aliphatic rings. The molecule has 0 radical (unpaired) electrons. The van der Waals surface area contributed by atoms with E-state index < -0.39 is 29.6 Å². The lowest BCUT2D eigenvalue weighted by atomic mass is 10.0. The molecule has 11 heteroatoms. The van der Waals surface area contributed by atoms with E-state index in [1.54, 1.807) is 0 Å². The van der Waals surface area contributed by atoms with Crippen LogP contribution in [0, 0.1) is 11.7 Å². The number of primary amides is 1. The first kappa shape index (κ1) is 25.3. The van der Waals surface area contributed by atoms with Crippen molar-refractivity contribution < 1.29 is 18.8 Å². The molecule has 0 spiro atoms. The molecule has 2 heterocycles. The maximum absolute atomic E-state index is 13.7. The van der Waals surface area contributed by atoms with E-state index in [4.69, 9.17) is 11.5 Å². The summed E-state index contributed by atoms with van der Waals surface area (Å²) in [7, 11) is 0. The van der Waals surface area contributed by atoms with Crippen LogP contribution in [0.1, 0.15) is 56.9 Å². The van der Waals surface area contributed by atoms with E-state index in [1.807, 2.05) is 31.4 Å². The summed E-state index contributed by atoms with van der Waals surface area (Å²) in [5, 5.41) is 4.75. The van der Waals surface area contributed by atoms with Gasteiger partial charge in [-0.3, -0.25) is 14.4 Å². The number of aromatic nitrogens is 1. The first-order chi connectivity index (χ1) is 16.2. The Kier molecular flexibility index (Phi) is 8.35. The van der Waals surface area contributed by atoms with Gasteiger partial charge in [0.25, 0.3) is 11.8 Å². The predicted molar refractivity (Wildman–Crippen MR) is 131 cm³/mol. The van der Waals surface area contributed by atoms with Crippen LogP contribution in [0.4, 0.5) is 10.1 Å². The molecule has 1 unspecified atom stereocenters. The van der Waals surface area contributed by atoms with Gasteiger partial charge in [-0.25, -0.2) is 4.39 Å².